The van der Waals surface area contributed by atoms with Crippen molar-refractivity contribution in [1.82, 2.24) is 4.90 Å². The summed E-state index contributed by atoms with van der Waals surface area (Å²) in [5.74, 6) is -1.59. The van der Waals surface area contributed by atoms with E-state index in [-0.39, 0.29) is 24.2 Å². The van der Waals surface area contributed by atoms with E-state index in [2.05, 4.69) is 5.32 Å². The first-order chi connectivity index (χ1) is 14.4. The average Bonchev–Trinajstić information content (AvgIpc) is 3.07. The number of ether oxygens (including phenoxy) is 1. The second-order valence-electron chi connectivity index (χ2n) is 7.21. The molecule has 30 heavy (non-hydrogen) atoms. The SMILES string of the molecule is CCN(Cc1cccc(F)c1)C(=O)COC(=O)c1c(NC(C)=O)sc2c1CCCC2. The van der Waals surface area contributed by atoms with Crippen LogP contribution < -0.4 is 5.32 Å². The molecule has 0 radical (unpaired) electrons. The second-order valence-corrected chi connectivity index (χ2v) is 8.32. The molecule has 1 N–H and O–H groups in total. The molecule has 1 aromatic heterocycles. The average molecular weight is 433 g/mol. The molecule has 8 heteroatoms. The third-order valence-corrected chi connectivity index (χ3v) is 6.20. The first-order valence-corrected chi connectivity index (χ1v) is 10.8. The third-order valence-electron chi connectivity index (χ3n) is 4.99. The lowest BCUT2D eigenvalue weighted by Crippen LogP contribution is -2.34. The lowest BCUT2D eigenvalue weighted by atomic mass is 9.95. The maximum Gasteiger partial charge on any atom is 0.341 e. The van der Waals surface area contributed by atoms with Crippen molar-refractivity contribution in [2.24, 2.45) is 0 Å². The van der Waals surface area contributed by atoms with Gasteiger partial charge in [0, 0.05) is 24.9 Å². The summed E-state index contributed by atoms with van der Waals surface area (Å²) in [5.41, 5.74) is 1.95. The van der Waals surface area contributed by atoms with Crippen LogP contribution in [0.5, 0.6) is 0 Å². The van der Waals surface area contributed by atoms with Gasteiger partial charge in [-0.1, -0.05) is 12.1 Å². The van der Waals surface area contributed by atoms with Crippen molar-refractivity contribution in [3.63, 3.8) is 0 Å². The number of halogens is 1. The molecule has 160 valence electrons. The minimum Gasteiger partial charge on any atom is -0.452 e. The number of benzene rings is 1. The molecule has 0 bridgehead atoms. The van der Waals surface area contributed by atoms with Crippen molar-refractivity contribution < 1.29 is 23.5 Å². The van der Waals surface area contributed by atoms with Crippen LogP contribution in [0.3, 0.4) is 0 Å². The van der Waals surface area contributed by atoms with E-state index >= 15 is 0 Å². The van der Waals surface area contributed by atoms with E-state index in [1.165, 1.54) is 35.3 Å². The molecule has 0 spiro atoms. The number of nitrogens with one attached hydrogen (secondary N) is 1. The lowest BCUT2D eigenvalue weighted by Gasteiger charge is -2.21. The summed E-state index contributed by atoms with van der Waals surface area (Å²) in [4.78, 5) is 39.5. The maximum absolute atomic E-state index is 13.4. The molecule has 2 amide bonds. The summed E-state index contributed by atoms with van der Waals surface area (Å²) >= 11 is 1.40. The first kappa shape index (κ1) is 22.0. The number of nitrogens with zero attached hydrogens (tertiary/aromatic N) is 1. The number of thiophene rings is 1. The highest BCUT2D eigenvalue weighted by atomic mass is 32.1. The van der Waals surface area contributed by atoms with Gasteiger partial charge in [-0.15, -0.1) is 11.3 Å². The monoisotopic (exact) mass is 432 g/mol. The van der Waals surface area contributed by atoms with Crippen LogP contribution in [0, 0.1) is 5.82 Å². The van der Waals surface area contributed by atoms with Crippen molar-refractivity contribution in [3.8, 4) is 0 Å². The molecule has 0 atom stereocenters. The normalized spacial score (nSPS) is 12.8. The lowest BCUT2D eigenvalue weighted by molar-refractivity contribution is -0.135. The number of amides is 2. The molecule has 0 fully saturated rings. The van der Waals surface area contributed by atoms with E-state index in [0.29, 0.717) is 22.7 Å². The van der Waals surface area contributed by atoms with Crippen LogP contribution in [0.15, 0.2) is 24.3 Å². The number of fused-ring (bicyclic) bond motifs is 1. The predicted molar refractivity (Wildman–Crippen MR) is 113 cm³/mol. The van der Waals surface area contributed by atoms with Crippen molar-refractivity contribution in [3.05, 3.63) is 51.7 Å². The van der Waals surface area contributed by atoms with E-state index in [4.69, 9.17) is 4.74 Å². The van der Waals surface area contributed by atoms with Gasteiger partial charge in [-0.3, -0.25) is 9.59 Å². The summed E-state index contributed by atoms with van der Waals surface area (Å²) < 4.78 is 18.7. The largest absolute Gasteiger partial charge is 0.452 e. The fourth-order valence-electron chi connectivity index (χ4n) is 3.55. The van der Waals surface area contributed by atoms with Crippen LogP contribution in [-0.2, 0) is 33.7 Å². The Balaban J connectivity index is 1.69. The van der Waals surface area contributed by atoms with Gasteiger partial charge in [0.15, 0.2) is 6.61 Å². The number of likely N-dealkylation sites (N-methyl/N-ethyl adjacent to an activating group) is 1. The zero-order valence-corrected chi connectivity index (χ0v) is 17.9. The van der Waals surface area contributed by atoms with Gasteiger partial charge < -0.3 is 15.0 Å². The fourth-order valence-corrected chi connectivity index (χ4v) is 4.88. The van der Waals surface area contributed by atoms with Crippen LogP contribution in [0.25, 0.3) is 0 Å². The highest BCUT2D eigenvalue weighted by Gasteiger charge is 2.27. The highest BCUT2D eigenvalue weighted by Crippen LogP contribution is 2.38. The van der Waals surface area contributed by atoms with E-state index in [9.17, 15) is 18.8 Å². The molecule has 6 nitrogen and oxygen atoms in total. The summed E-state index contributed by atoms with van der Waals surface area (Å²) in [5, 5.41) is 3.20. The minimum absolute atomic E-state index is 0.232. The Morgan fingerprint density at radius 2 is 2.00 bits per heavy atom. The smallest absolute Gasteiger partial charge is 0.341 e. The van der Waals surface area contributed by atoms with Crippen molar-refractivity contribution in [2.45, 2.75) is 46.1 Å². The van der Waals surface area contributed by atoms with Gasteiger partial charge in [0.05, 0.1) is 5.56 Å². The van der Waals surface area contributed by atoms with Gasteiger partial charge in [0.1, 0.15) is 10.8 Å². The Morgan fingerprint density at radius 1 is 1.23 bits per heavy atom. The number of carbonyl (C=O) groups is 3. The molecule has 0 aliphatic heterocycles. The molecule has 1 aliphatic rings. The molecule has 1 heterocycles. The topological polar surface area (TPSA) is 75.7 Å². The zero-order valence-electron chi connectivity index (χ0n) is 17.1. The first-order valence-electron chi connectivity index (χ1n) is 10.0. The molecular formula is C22H25FN2O4S. The molecule has 0 saturated carbocycles. The van der Waals surface area contributed by atoms with E-state index < -0.39 is 12.6 Å². The Hall–Kier alpha value is -2.74. The van der Waals surface area contributed by atoms with Crippen LogP contribution in [0.4, 0.5) is 9.39 Å². The number of hydrogen-bond acceptors (Lipinski definition) is 5. The van der Waals surface area contributed by atoms with Crippen LogP contribution in [0.1, 0.15) is 53.1 Å². The molecular weight excluding hydrogens is 407 g/mol. The molecule has 1 aromatic carbocycles. The van der Waals surface area contributed by atoms with Crippen molar-refractivity contribution >= 4 is 34.1 Å². The van der Waals surface area contributed by atoms with Gasteiger partial charge in [-0.05, 0) is 55.9 Å². The van der Waals surface area contributed by atoms with Crippen molar-refractivity contribution in [1.29, 1.82) is 0 Å². The van der Waals surface area contributed by atoms with Crippen LogP contribution in [-0.4, -0.2) is 35.8 Å². The number of hydrogen-bond donors (Lipinski definition) is 1. The van der Waals surface area contributed by atoms with Gasteiger partial charge in [0.2, 0.25) is 5.91 Å². The Labute approximate surface area is 179 Å². The summed E-state index contributed by atoms with van der Waals surface area (Å²) in [6.45, 7) is 3.42. The molecule has 1 aliphatic carbocycles. The highest BCUT2D eigenvalue weighted by molar-refractivity contribution is 7.17. The van der Waals surface area contributed by atoms with Crippen molar-refractivity contribution in [2.75, 3.05) is 18.5 Å². The van der Waals surface area contributed by atoms with Gasteiger partial charge in [0.25, 0.3) is 5.91 Å². The fraction of sp³-hybridized carbons (Fsp3) is 0.409. The minimum atomic E-state index is -0.603. The molecule has 0 unspecified atom stereocenters. The number of aryl methyl sites for hydroxylation is 1. The Kier molecular flexibility index (Phi) is 7.20. The number of esters is 1. The van der Waals surface area contributed by atoms with Crippen LogP contribution in [0.2, 0.25) is 0 Å². The third kappa shape index (κ3) is 5.24. The van der Waals surface area contributed by atoms with E-state index in [1.807, 2.05) is 6.92 Å². The van der Waals surface area contributed by atoms with E-state index in [1.54, 1.807) is 12.1 Å². The number of rotatable bonds is 7. The summed E-state index contributed by atoms with van der Waals surface area (Å²) in [7, 11) is 0. The predicted octanol–water partition coefficient (Wildman–Crippen LogP) is 3.93. The quantitative estimate of drug-likeness (QED) is 0.673. The van der Waals surface area contributed by atoms with Crippen LogP contribution >= 0.6 is 11.3 Å². The second kappa shape index (κ2) is 9.84. The molecule has 0 saturated heterocycles. The standard InChI is InChI=1S/C22H25FN2O4S/c1-3-25(12-15-7-6-8-16(23)11-15)19(27)13-29-22(28)20-17-9-4-5-10-18(17)30-21(20)24-14(2)26/h6-8,11H,3-5,9-10,12-13H2,1-2H3,(H,24,26). The summed E-state index contributed by atoms with van der Waals surface area (Å²) in [6, 6.07) is 6.05. The number of carbonyl (C=O) groups excluding carboxylic acids is 3. The van der Waals surface area contributed by atoms with Gasteiger partial charge in [-0.2, -0.15) is 0 Å². The molecule has 2 aromatic rings. The Bertz CT molecular complexity index is 957. The Morgan fingerprint density at radius 3 is 2.70 bits per heavy atom. The summed E-state index contributed by atoms with van der Waals surface area (Å²) in [6.07, 6.45) is 3.64. The zero-order chi connectivity index (χ0) is 21.7. The van der Waals surface area contributed by atoms with Gasteiger partial charge >= 0.3 is 5.97 Å². The number of anilines is 1. The molecule has 3 rings (SSSR count). The van der Waals surface area contributed by atoms with Gasteiger partial charge in [-0.25, -0.2) is 9.18 Å². The van der Waals surface area contributed by atoms with E-state index in [0.717, 1.165) is 36.1 Å². The maximum atomic E-state index is 13.4.